The van der Waals surface area contributed by atoms with Crippen molar-refractivity contribution in [2.75, 3.05) is 5.32 Å². The second-order valence-corrected chi connectivity index (χ2v) is 6.64. The van der Waals surface area contributed by atoms with Gasteiger partial charge in [-0.3, -0.25) is 0 Å². The van der Waals surface area contributed by atoms with E-state index >= 15 is 0 Å². The number of benzene rings is 2. The molecule has 5 nitrogen and oxygen atoms in total. The lowest BCUT2D eigenvalue weighted by Crippen LogP contribution is -2.45. The van der Waals surface area contributed by atoms with Crippen LogP contribution in [0.2, 0.25) is 0 Å². The normalized spacial score (nSPS) is 18.6. The Morgan fingerprint density at radius 1 is 1.11 bits per heavy atom. The van der Waals surface area contributed by atoms with Crippen LogP contribution in [0.5, 0.6) is 0 Å². The van der Waals surface area contributed by atoms with Gasteiger partial charge in [0, 0.05) is 6.04 Å². The maximum atomic E-state index is 13.8. The Labute approximate surface area is 155 Å². The van der Waals surface area contributed by atoms with Gasteiger partial charge in [0.2, 0.25) is 0 Å². The number of urea groups is 1. The van der Waals surface area contributed by atoms with E-state index < -0.39 is 5.82 Å². The van der Waals surface area contributed by atoms with Crippen LogP contribution in [-0.4, -0.2) is 21.9 Å². The largest absolute Gasteiger partial charge is 0.335 e. The molecular weight excluding hydrogens is 350 g/mol. The molecule has 0 radical (unpaired) electrons. The molecule has 0 atom stereocenters. The zero-order valence-corrected chi connectivity index (χ0v) is 14.4. The van der Waals surface area contributed by atoms with Gasteiger partial charge in [-0.15, -0.1) is 0 Å². The molecule has 7 heteroatoms. The summed E-state index contributed by atoms with van der Waals surface area (Å²) in [5.41, 5.74) is 1.74. The highest BCUT2D eigenvalue weighted by molar-refractivity contribution is 5.89. The number of amides is 2. The summed E-state index contributed by atoms with van der Waals surface area (Å²) in [5.74, 6) is -0.377. The molecule has 1 aromatic heterocycles. The molecule has 1 fully saturated rings. The number of halogens is 2. The first kappa shape index (κ1) is 17.2. The number of aromatic nitrogens is 2. The molecule has 0 aliphatic heterocycles. The minimum Gasteiger partial charge on any atom is -0.335 e. The number of nitrogens with one attached hydrogen (secondary N) is 2. The quantitative estimate of drug-likeness (QED) is 0.724. The van der Waals surface area contributed by atoms with E-state index in [9.17, 15) is 13.6 Å². The molecule has 1 saturated carbocycles. The van der Waals surface area contributed by atoms with Gasteiger partial charge in [0.15, 0.2) is 0 Å². The topological polar surface area (TPSA) is 59.0 Å². The third-order valence-corrected chi connectivity index (χ3v) is 4.73. The summed E-state index contributed by atoms with van der Waals surface area (Å²) in [6, 6.07) is 12.5. The first-order chi connectivity index (χ1) is 13.1. The molecule has 2 N–H and O–H groups in total. The first-order valence-corrected chi connectivity index (χ1v) is 8.71. The Balaban J connectivity index is 1.30. The van der Waals surface area contributed by atoms with Crippen LogP contribution in [0.3, 0.4) is 0 Å². The lowest BCUT2D eigenvalue weighted by molar-refractivity contribution is 0.233. The Hall–Kier alpha value is -3.22. The molecule has 2 aromatic carbocycles. The van der Waals surface area contributed by atoms with Crippen molar-refractivity contribution < 1.29 is 13.6 Å². The van der Waals surface area contributed by atoms with E-state index in [4.69, 9.17) is 0 Å². The van der Waals surface area contributed by atoms with E-state index in [2.05, 4.69) is 15.7 Å². The number of hydrogen-bond donors (Lipinski definition) is 2. The van der Waals surface area contributed by atoms with Crippen LogP contribution < -0.4 is 10.6 Å². The Morgan fingerprint density at radius 2 is 1.93 bits per heavy atom. The van der Waals surface area contributed by atoms with Crippen LogP contribution in [0.1, 0.15) is 24.3 Å². The molecule has 0 unspecified atom stereocenters. The molecule has 2 amide bonds. The fourth-order valence-electron chi connectivity index (χ4n) is 3.28. The number of rotatable bonds is 4. The van der Waals surface area contributed by atoms with E-state index in [-0.39, 0.29) is 23.8 Å². The number of para-hydroxylation sites is 1. The molecule has 0 bridgehead atoms. The van der Waals surface area contributed by atoms with Crippen LogP contribution in [0.15, 0.2) is 60.9 Å². The van der Waals surface area contributed by atoms with Gasteiger partial charge in [0.25, 0.3) is 0 Å². The van der Waals surface area contributed by atoms with Gasteiger partial charge in [-0.25, -0.2) is 18.3 Å². The van der Waals surface area contributed by atoms with Crippen LogP contribution in [0.4, 0.5) is 19.3 Å². The van der Waals surface area contributed by atoms with Crippen LogP contribution in [-0.2, 0) is 0 Å². The standard InChI is InChI=1S/C20H18F2N4O/c21-15-5-3-4-13(8-15)14-9-16(10-14)24-20(27)25-17-11-23-26(12-17)19-7-2-1-6-18(19)22/h1-8,11-12,14,16H,9-10H2,(H2,24,25,27). The smallest absolute Gasteiger partial charge is 0.319 e. The molecule has 1 aliphatic rings. The summed E-state index contributed by atoms with van der Waals surface area (Å²) in [7, 11) is 0. The van der Waals surface area contributed by atoms with E-state index in [0.717, 1.165) is 18.4 Å². The lowest BCUT2D eigenvalue weighted by atomic mass is 9.76. The minimum absolute atomic E-state index is 0.0416. The molecule has 1 heterocycles. The number of nitrogens with zero attached hydrogens (tertiary/aromatic N) is 2. The summed E-state index contributed by atoms with van der Waals surface area (Å²) >= 11 is 0. The first-order valence-electron chi connectivity index (χ1n) is 8.71. The number of carbonyl (C=O) groups is 1. The fourth-order valence-corrected chi connectivity index (χ4v) is 3.28. The van der Waals surface area contributed by atoms with Gasteiger partial charge in [-0.05, 0) is 48.6 Å². The summed E-state index contributed by atoms with van der Waals surface area (Å²) < 4.78 is 28.4. The van der Waals surface area contributed by atoms with Crippen molar-refractivity contribution >= 4 is 11.7 Å². The fraction of sp³-hybridized carbons (Fsp3) is 0.200. The highest BCUT2D eigenvalue weighted by atomic mass is 19.1. The van der Waals surface area contributed by atoms with Gasteiger partial charge < -0.3 is 10.6 Å². The van der Waals surface area contributed by atoms with E-state index in [0.29, 0.717) is 11.4 Å². The van der Waals surface area contributed by atoms with Crippen LogP contribution in [0.25, 0.3) is 5.69 Å². The second kappa shape index (κ2) is 7.19. The zero-order chi connectivity index (χ0) is 18.8. The van der Waals surface area contributed by atoms with Gasteiger partial charge >= 0.3 is 6.03 Å². The predicted octanol–water partition coefficient (Wildman–Crippen LogP) is 4.22. The van der Waals surface area contributed by atoms with E-state index in [1.165, 1.54) is 29.1 Å². The molecule has 1 aliphatic carbocycles. The van der Waals surface area contributed by atoms with Gasteiger partial charge in [0.1, 0.15) is 17.3 Å². The average Bonchev–Trinajstić information content (AvgIpc) is 3.06. The van der Waals surface area contributed by atoms with Gasteiger partial charge in [0.05, 0.1) is 18.1 Å². The molecule has 0 spiro atoms. The van der Waals surface area contributed by atoms with Crippen LogP contribution in [0, 0.1) is 11.6 Å². The van der Waals surface area contributed by atoms with Crippen molar-refractivity contribution in [3.05, 3.63) is 78.1 Å². The second-order valence-electron chi connectivity index (χ2n) is 6.64. The Morgan fingerprint density at radius 3 is 2.70 bits per heavy atom. The summed E-state index contributed by atoms with van der Waals surface area (Å²) in [6.07, 6.45) is 4.55. The minimum atomic E-state index is -0.394. The van der Waals surface area contributed by atoms with Crippen molar-refractivity contribution in [1.29, 1.82) is 0 Å². The summed E-state index contributed by atoms with van der Waals surface area (Å²) in [4.78, 5) is 12.1. The van der Waals surface area contributed by atoms with Crippen molar-refractivity contribution in [1.82, 2.24) is 15.1 Å². The molecule has 138 valence electrons. The highest BCUT2D eigenvalue weighted by Crippen LogP contribution is 2.37. The number of hydrogen-bond acceptors (Lipinski definition) is 2. The zero-order valence-electron chi connectivity index (χ0n) is 14.4. The van der Waals surface area contributed by atoms with Crippen molar-refractivity contribution in [3.63, 3.8) is 0 Å². The van der Waals surface area contributed by atoms with Gasteiger partial charge in [-0.1, -0.05) is 24.3 Å². The SMILES string of the molecule is O=C(Nc1cnn(-c2ccccc2F)c1)NC1CC(c2cccc(F)c2)C1. The monoisotopic (exact) mass is 368 g/mol. The van der Waals surface area contributed by atoms with E-state index in [1.807, 2.05) is 6.07 Å². The maximum Gasteiger partial charge on any atom is 0.319 e. The predicted molar refractivity (Wildman–Crippen MR) is 97.8 cm³/mol. The Kier molecular flexibility index (Phi) is 4.58. The highest BCUT2D eigenvalue weighted by Gasteiger charge is 2.31. The summed E-state index contributed by atoms with van der Waals surface area (Å²) in [6.45, 7) is 0. The molecule has 4 rings (SSSR count). The molecule has 0 saturated heterocycles. The van der Waals surface area contributed by atoms with E-state index in [1.54, 1.807) is 30.5 Å². The van der Waals surface area contributed by atoms with Gasteiger partial charge in [-0.2, -0.15) is 5.10 Å². The Bertz CT molecular complexity index is 966. The molecule has 3 aromatic rings. The van der Waals surface area contributed by atoms with Crippen molar-refractivity contribution in [3.8, 4) is 5.69 Å². The lowest BCUT2D eigenvalue weighted by Gasteiger charge is -2.36. The van der Waals surface area contributed by atoms with Crippen LogP contribution >= 0.6 is 0 Å². The maximum absolute atomic E-state index is 13.8. The van der Waals surface area contributed by atoms with Crippen molar-refractivity contribution in [2.24, 2.45) is 0 Å². The number of anilines is 1. The number of carbonyl (C=O) groups excluding carboxylic acids is 1. The summed E-state index contributed by atoms with van der Waals surface area (Å²) in [5, 5.41) is 9.66. The third kappa shape index (κ3) is 3.81. The van der Waals surface area contributed by atoms with Crippen molar-refractivity contribution in [2.45, 2.75) is 24.8 Å². The molecule has 27 heavy (non-hydrogen) atoms. The molecular formula is C20H18F2N4O. The average molecular weight is 368 g/mol. The third-order valence-electron chi connectivity index (χ3n) is 4.73.